The van der Waals surface area contributed by atoms with Crippen molar-refractivity contribution < 1.29 is 23.9 Å². The summed E-state index contributed by atoms with van der Waals surface area (Å²) in [4.78, 5) is 57.5. The van der Waals surface area contributed by atoms with Crippen molar-refractivity contribution in [2.45, 2.75) is 83.7 Å². The third-order valence-electron chi connectivity index (χ3n) is 7.32. The Morgan fingerprint density at radius 2 is 1.79 bits per heavy atom. The molecular formula is C31H40N6O5. The summed E-state index contributed by atoms with van der Waals surface area (Å²) < 4.78 is 5.50. The molecule has 2 aromatic carbocycles. The monoisotopic (exact) mass is 576 g/mol. The fourth-order valence-corrected chi connectivity index (χ4v) is 5.50. The maximum absolute atomic E-state index is 14.4. The number of carbonyl (C=O) groups excluding carboxylic acids is 4. The number of nitrogens with zero attached hydrogens (tertiary/aromatic N) is 4. The average molecular weight is 577 g/mol. The number of carbonyl (C=O) groups is 4. The summed E-state index contributed by atoms with van der Waals surface area (Å²) >= 11 is 0. The molecule has 1 aliphatic rings. The molecule has 0 radical (unpaired) electrons. The van der Waals surface area contributed by atoms with E-state index >= 15 is 0 Å². The van der Waals surface area contributed by atoms with Crippen LogP contribution in [0.4, 0.5) is 11.4 Å². The van der Waals surface area contributed by atoms with Crippen LogP contribution in [0.5, 0.6) is 0 Å². The summed E-state index contributed by atoms with van der Waals surface area (Å²) in [5, 5.41) is 9.36. The van der Waals surface area contributed by atoms with Crippen LogP contribution >= 0.6 is 0 Å². The molecule has 0 bridgehead atoms. The molecule has 3 amide bonds. The minimum Gasteiger partial charge on any atom is -0.464 e. The van der Waals surface area contributed by atoms with Crippen molar-refractivity contribution in [1.29, 1.82) is 0 Å². The first-order chi connectivity index (χ1) is 20.3. The van der Waals surface area contributed by atoms with Gasteiger partial charge in [-0.2, -0.15) is 0 Å². The highest BCUT2D eigenvalue weighted by atomic mass is 16.5. The van der Waals surface area contributed by atoms with Gasteiger partial charge in [0.15, 0.2) is 0 Å². The lowest BCUT2D eigenvalue weighted by Gasteiger charge is -2.36. The van der Waals surface area contributed by atoms with E-state index in [4.69, 9.17) is 4.74 Å². The lowest BCUT2D eigenvalue weighted by atomic mass is 9.86. The van der Waals surface area contributed by atoms with Crippen molar-refractivity contribution in [1.82, 2.24) is 10.2 Å². The van der Waals surface area contributed by atoms with Crippen molar-refractivity contribution in [3.8, 4) is 0 Å². The van der Waals surface area contributed by atoms with Gasteiger partial charge in [0.25, 0.3) is 5.91 Å². The number of anilines is 1. The van der Waals surface area contributed by atoms with Gasteiger partial charge in [-0.1, -0.05) is 68.1 Å². The number of esters is 1. The van der Waals surface area contributed by atoms with E-state index in [-0.39, 0.29) is 29.8 Å². The molecule has 2 aromatic rings. The van der Waals surface area contributed by atoms with Crippen LogP contribution in [0, 0.1) is 0 Å². The Kier molecular flexibility index (Phi) is 12.4. The van der Waals surface area contributed by atoms with Crippen LogP contribution in [0.25, 0.3) is 10.4 Å². The summed E-state index contributed by atoms with van der Waals surface area (Å²) in [6.45, 7) is 4.67. The third kappa shape index (κ3) is 8.81. The van der Waals surface area contributed by atoms with E-state index in [2.05, 4.69) is 20.7 Å². The second-order valence-electron chi connectivity index (χ2n) is 10.4. The Morgan fingerprint density at radius 1 is 1.07 bits per heavy atom. The first kappa shape index (κ1) is 32.1. The Balaban J connectivity index is 2.15. The summed E-state index contributed by atoms with van der Waals surface area (Å²) in [5.74, 6) is -2.56. The molecule has 0 aromatic heterocycles. The molecule has 0 heterocycles. The van der Waals surface area contributed by atoms with E-state index in [1.807, 2.05) is 37.3 Å². The lowest BCUT2D eigenvalue weighted by Crippen LogP contribution is -2.53. The van der Waals surface area contributed by atoms with Crippen LogP contribution < -0.4 is 10.6 Å². The zero-order valence-electron chi connectivity index (χ0n) is 24.5. The number of amides is 3. The minimum atomic E-state index is -1.15. The number of benzene rings is 2. The van der Waals surface area contributed by atoms with Crippen molar-refractivity contribution in [3.63, 3.8) is 0 Å². The third-order valence-corrected chi connectivity index (χ3v) is 7.32. The Labute approximate surface area is 246 Å². The quantitative estimate of drug-likeness (QED) is 0.130. The van der Waals surface area contributed by atoms with Gasteiger partial charge in [-0.25, -0.2) is 4.79 Å². The summed E-state index contributed by atoms with van der Waals surface area (Å²) in [5.41, 5.74) is 10.3. The fourth-order valence-electron chi connectivity index (χ4n) is 5.50. The van der Waals surface area contributed by atoms with Gasteiger partial charge < -0.3 is 20.3 Å². The van der Waals surface area contributed by atoms with E-state index < -0.39 is 36.3 Å². The van der Waals surface area contributed by atoms with Crippen molar-refractivity contribution in [2.24, 2.45) is 5.11 Å². The predicted octanol–water partition coefficient (Wildman–Crippen LogP) is 5.99. The van der Waals surface area contributed by atoms with E-state index in [1.165, 1.54) is 30.0 Å². The zero-order valence-corrected chi connectivity index (χ0v) is 24.5. The first-order valence-corrected chi connectivity index (χ1v) is 14.6. The number of hydrogen-bond donors (Lipinski definition) is 2. The predicted molar refractivity (Wildman–Crippen MR) is 160 cm³/mol. The molecule has 11 nitrogen and oxygen atoms in total. The Hall–Kier alpha value is -4.37. The molecule has 224 valence electrons. The van der Waals surface area contributed by atoms with E-state index in [0.29, 0.717) is 18.5 Å². The standard InChI is InChI=1S/C31H40N6O5/c1-4-12-25(22-13-8-6-9-14-22)29(31(41)42-5-2)37(20-28(39)34-23-15-10-7-11-16-23)30(40)26-19-24(33-21(3)38)17-18-27(26)35-36-32/h6,8-9,13-14,17-19,23,25,29H,4-5,7,10-12,15-16,20H2,1-3H3,(H,33,38)(H,34,39). The normalized spacial score (nSPS) is 14.5. The highest BCUT2D eigenvalue weighted by Gasteiger charge is 2.40. The van der Waals surface area contributed by atoms with Crippen LogP contribution in [-0.4, -0.2) is 53.8 Å². The van der Waals surface area contributed by atoms with E-state index in [9.17, 15) is 24.7 Å². The fraction of sp³-hybridized carbons (Fsp3) is 0.484. The highest BCUT2D eigenvalue weighted by molar-refractivity contribution is 6.04. The number of nitrogens with one attached hydrogen (secondary N) is 2. The lowest BCUT2D eigenvalue weighted by molar-refractivity contribution is -0.150. The van der Waals surface area contributed by atoms with Gasteiger partial charge in [0.05, 0.1) is 17.9 Å². The average Bonchev–Trinajstić information content (AvgIpc) is 2.97. The zero-order chi connectivity index (χ0) is 30.5. The largest absolute Gasteiger partial charge is 0.464 e. The van der Waals surface area contributed by atoms with E-state index in [0.717, 1.165) is 37.7 Å². The first-order valence-electron chi connectivity index (χ1n) is 14.6. The molecule has 11 heteroatoms. The molecule has 3 rings (SSSR count). The highest BCUT2D eigenvalue weighted by Crippen LogP contribution is 2.33. The summed E-state index contributed by atoms with van der Waals surface area (Å²) in [6, 6.07) is 12.5. The van der Waals surface area contributed by atoms with Crippen LogP contribution in [0.3, 0.4) is 0 Å². The van der Waals surface area contributed by atoms with E-state index in [1.54, 1.807) is 6.92 Å². The number of ether oxygens (including phenoxy) is 1. The van der Waals surface area contributed by atoms with Crippen LogP contribution in [0.15, 0.2) is 53.6 Å². The minimum absolute atomic E-state index is 0.00338. The van der Waals surface area contributed by atoms with Gasteiger partial charge in [0.1, 0.15) is 12.6 Å². The summed E-state index contributed by atoms with van der Waals surface area (Å²) in [7, 11) is 0. The molecule has 42 heavy (non-hydrogen) atoms. The second kappa shape index (κ2) is 16.2. The van der Waals surface area contributed by atoms with Crippen molar-refractivity contribution in [3.05, 3.63) is 70.1 Å². The number of rotatable bonds is 13. The molecule has 2 unspecified atom stereocenters. The molecule has 2 N–H and O–H groups in total. The van der Waals surface area contributed by atoms with Crippen molar-refractivity contribution in [2.75, 3.05) is 18.5 Å². The van der Waals surface area contributed by atoms with Crippen LogP contribution in [0.1, 0.15) is 87.6 Å². The second-order valence-corrected chi connectivity index (χ2v) is 10.4. The molecule has 0 aliphatic heterocycles. The van der Waals surface area contributed by atoms with Gasteiger partial charge >= 0.3 is 5.97 Å². The maximum atomic E-state index is 14.4. The van der Waals surface area contributed by atoms with Gasteiger partial charge in [-0.3, -0.25) is 14.4 Å². The molecule has 2 atom stereocenters. The molecular weight excluding hydrogens is 536 g/mol. The molecule has 1 saturated carbocycles. The Bertz CT molecular complexity index is 1290. The smallest absolute Gasteiger partial charge is 0.329 e. The molecule has 0 spiro atoms. The SMILES string of the molecule is CCCC(c1ccccc1)C(C(=O)OCC)N(CC(=O)NC1CCCCC1)C(=O)c1cc(NC(C)=O)ccc1N=[N+]=[N-]. The van der Waals surface area contributed by atoms with Gasteiger partial charge in [-0.15, -0.1) is 0 Å². The molecule has 0 saturated heterocycles. The maximum Gasteiger partial charge on any atom is 0.329 e. The topological polar surface area (TPSA) is 154 Å². The van der Waals surface area contributed by atoms with Crippen LogP contribution in [0.2, 0.25) is 0 Å². The van der Waals surface area contributed by atoms with Gasteiger partial charge in [-0.05, 0) is 55.5 Å². The number of hydrogen-bond acceptors (Lipinski definition) is 6. The number of azide groups is 1. The molecule has 1 fully saturated rings. The molecule has 1 aliphatic carbocycles. The van der Waals surface area contributed by atoms with Gasteiger partial charge in [0.2, 0.25) is 11.8 Å². The van der Waals surface area contributed by atoms with Crippen LogP contribution in [-0.2, 0) is 19.1 Å². The summed E-state index contributed by atoms with van der Waals surface area (Å²) in [6.07, 6.45) is 6.08. The van der Waals surface area contributed by atoms with Crippen molar-refractivity contribution >= 4 is 35.1 Å². The van der Waals surface area contributed by atoms with Gasteiger partial charge in [0, 0.05) is 29.5 Å². The Morgan fingerprint density at radius 3 is 2.40 bits per heavy atom.